The summed E-state index contributed by atoms with van der Waals surface area (Å²) < 4.78 is 44.1. The molecule has 1 saturated heterocycles. The van der Waals surface area contributed by atoms with Crippen LogP contribution in [0.2, 0.25) is 0 Å². The van der Waals surface area contributed by atoms with Crippen LogP contribution in [0.5, 0.6) is 23.0 Å². The normalized spacial score (nSPS) is 15.9. The lowest BCUT2D eigenvalue weighted by Gasteiger charge is -2.25. The maximum atomic E-state index is 13.9. The van der Waals surface area contributed by atoms with E-state index in [9.17, 15) is 9.59 Å². The van der Waals surface area contributed by atoms with Gasteiger partial charge in [0.2, 0.25) is 5.78 Å². The molecule has 2 aromatic carbocycles. The number of hydrogen-bond acceptors (Lipinski definition) is 10. The first-order chi connectivity index (χ1) is 18.4. The van der Waals surface area contributed by atoms with Crippen LogP contribution in [0.1, 0.15) is 57.2 Å². The first kappa shape index (κ1) is 27.6. The summed E-state index contributed by atoms with van der Waals surface area (Å²) in [5, 5.41) is 0. The zero-order valence-electron chi connectivity index (χ0n) is 22.2. The molecule has 0 unspecified atom stereocenters. The molecule has 0 bridgehead atoms. The number of carbonyl (C=O) groups excluding carboxylic acids is 2. The third kappa shape index (κ3) is 5.39. The maximum absolute atomic E-state index is 13.9. The van der Waals surface area contributed by atoms with Crippen molar-refractivity contribution in [3.63, 3.8) is 0 Å². The Morgan fingerprint density at radius 3 is 2.18 bits per heavy atom. The SMILES string of the molecule is COCOc1cc2c(c(OCOC)c1/C=C/CCC1(C)OCCO1)C(=O)c1c(OC)cc(OC)cc1C2=O. The summed E-state index contributed by atoms with van der Waals surface area (Å²) in [5.41, 5.74) is 1.00. The van der Waals surface area contributed by atoms with E-state index in [0.29, 0.717) is 43.1 Å². The molecular formula is C28H32O10. The second-order valence-corrected chi connectivity index (χ2v) is 8.82. The molecule has 0 N–H and O–H groups in total. The molecule has 1 aliphatic carbocycles. The van der Waals surface area contributed by atoms with E-state index >= 15 is 0 Å². The summed E-state index contributed by atoms with van der Waals surface area (Å²) in [7, 11) is 5.86. The van der Waals surface area contributed by atoms with E-state index in [1.54, 1.807) is 12.1 Å². The summed E-state index contributed by atoms with van der Waals surface area (Å²) in [5.74, 6) is -0.374. The molecule has 10 heteroatoms. The van der Waals surface area contributed by atoms with Crippen LogP contribution in [0.25, 0.3) is 6.08 Å². The fourth-order valence-corrected chi connectivity index (χ4v) is 4.52. The lowest BCUT2D eigenvalue weighted by molar-refractivity contribution is -0.145. The average Bonchev–Trinajstić information content (AvgIpc) is 3.37. The minimum absolute atomic E-state index is 0.0799. The number of benzene rings is 2. The number of ether oxygens (including phenoxy) is 8. The van der Waals surface area contributed by atoms with Gasteiger partial charge in [-0.2, -0.15) is 0 Å². The second-order valence-electron chi connectivity index (χ2n) is 8.82. The van der Waals surface area contributed by atoms with Gasteiger partial charge >= 0.3 is 0 Å². The zero-order chi connectivity index (χ0) is 27.3. The Bertz CT molecular complexity index is 1230. The monoisotopic (exact) mass is 528 g/mol. The summed E-state index contributed by atoms with van der Waals surface area (Å²) in [6.07, 6.45) is 4.93. The van der Waals surface area contributed by atoms with Crippen molar-refractivity contribution in [1.29, 1.82) is 0 Å². The fourth-order valence-electron chi connectivity index (χ4n) is 4.52. The van der Waals surface area contributed by atoms with Crippen LogP contribution in [0, 0.1) is 0 Å². The molecule has 4 rings (SSSR count). The van der Waals surface area contributed by atoms with Gasteiger partial charge in [0, 0.05) is 37.8 Å². The lowest BCUT2D eigenvalue weighted by atomic mass is 9.81. The van der Waals surface area contributed by atoms with Crippen molar-refractivity contribution >= 4 is 17.6 Å². The fraction of sp³-hybridized carbons (Fsp3) is 0.429. The van der Waals surface area contributed by atoms with Gasteiger partial charge in [-0.3, -0.25) is 9.59 Å². The average molecular weight is 529 g/mol. The molecule has 2 aliphatic rings. The van der Waals surface area contributed by atoms with Crippen LogP contribution in [-0.2, 0) is 18.9 Å². The van der Waals surface area contributed by atoms with Gasteiger partial charge in [-0.1, -0.05) is 12.2 Å². The first-order valence-electron chi connectivity index (χ1n) is 12.1. The highest BCUT2D eigenvalue weighted by Crippen LogP contribution is 2.44. The maximum Gasteiger partial charge on any atom is 0.202 e. The quantitative estimate of drug-likeness (QED) is 0.320. The zero-order valence-corrected chi connectivity index (χ0v) is 22.2. The largest absolute Gasteiger partial charge is 0.497 e. The van der Waals surface area contributed by atoms with E-state index in [2.05, 4.69) is 0 Å². The van der Waals surface area contributed by atoms with Crippen LogP contribution < -0.4 is 18.9 Å². The predicted octanol–water partition coefficient (Wildman–Crippen LogP) is 4.00. The molecule has 1 fully saturated rings. The molecule has 0 radical (unpaired) electrons. The van der Waals surface area contributed by atoms with Crippen LogP contribution in [0.4, 0.5) is 0 Å². The molecule has 0 aromatic heterocycles. The van der Waals surface area contributed by atoms with E-state index in [-0.39, 0.29) is 47.3 Å². The molecule has 10 nitrogen and oxygen atoms in total. The molecule has 1 heterocycles. The molecule has 0 saturated carbocycles. The summed E-state index contributed by atoms with van der Waals surface area (Å²) in [4.78, 5) is 27.6. The van der Waals surface area contributed by atoms with Gasteiger partial charge in [0.1, 0.15) is 23.0 Å². The Morgan fingerprint density at radius 1 is 0.842 bits per heavy atom. The third-order valence-corrected chi connectivity index (χ3v) is 6.36. The number of carbonyl (C=O) groups is 2. The van der Waals surface area contributed by atoms with E-state index in [1.807, 2.05) is 13.0 Å². The number of ketones is 2. The Morgan fingerprint density at radius 2 is 1.53 bits per heavy atom. The summed E-state index contributed by atoms with van der Waals surface area (Å²) in [6, 6.07) is 4.62. The molecule has 0 atom stereocenters. The highest BCUT2D eigenvalue weighted by Gasteiger charge is 2.38. The summed E-state index contributed by atoms with van der Waals surface area (Å²) >= 11 is 0. The first-order valence-corrected chi connectivity index (χ1v) is 12.1. The van der Waals surface area contributed by atoms with Crippen LogP contribution in [0.15, 0.2) is 24.3 Å². The number of methoxy groups -OCH3 is 4. The van der Waals surface area contributed by atoms with Crippen LogP contribution in [0.3, 0.4) is 0 Å². The molecule has 38 heavy (non-hydrogen) atoms. The van der Waals surface area contributed by atoms with E-state index in [4.69, 9.17) is 37.9 Å². The highest BCUT2D eigenvalue weighted by atomic mass is 16.7. The van der Waals surface area contributed by atoms with Crippen molar-refractivity contribution in [2.24, 2.45) is 0 Å². The van der Waals surface area contributed by atoms with Gasteiger partial charge in [0.15, 0.2) is 25.2 Å². The van der Waals surface area contributed by atoms with Crippen molar-refractivity contribution in [2.75, 3.05) is 55.2 Å². The number of allylic oxidation sites excluding steroid dienone is 1. The van der Waals surface area contributed by atoms with E-state index in [0.717, 1.165) is 0 Å². The third-order valence-electron chi connectivity index (χ3n) is 6.36. The lowest BCUT2D eigenvalue weighted by Crippen LogP contribution is -2.24. The van der Waals surface area contributed by atoms with Crippen molar-refractivity contribution in [3.8, 4) is 23.0 Å². The van der Waals surface area contributed by atoms with E-state index in [1.165, 1.54) is 40.6 Å². The minimum Gasteiger partial charge on any atom is -0.497 e. The van der Waals surface area contributed by atoms with Crippen molar-refractivity contribution in [1.82, 2.24) is 0 Å². The Hall–Kier alpha value is -3.44. The topological polar surface area (TPSA) is 108 Å². The smallest absolute Gasteiger partial charge is 0.202 e. The molecule has 204 valence electrons. The van der Waals surface area contributed by atoms with Crippen molar-refractivity contribution < 1.29 is 47.5 Å². The number of hydrogen-bond donors (Lipinski definition) is 0. The molecule has 1 aliphatic heterocycles. The van der Waals surface area contributed by atoms with Gasteiger partial charge in [0.25, 0.3) is 0 Å². The van der Waals surface area contributed by atoms with Crippen LogP contribution >= 0.6 is 0 Å². The Balaban J connectivity index is 1.84. The van der Waals surface area contributed by atoms with Gasteiger partial charge in [-0.15, -0.1) is 0 Å². The molecule has 0 amide bonds. The number of fused-ring (bicyclic) bond motifs is 2. The van der Waals surface area contributed by atoms with Gasteiger partial charge in [0.05, 0.1) is 44.1 Å². The van der Waals surface area contributed by atoms with Crippen LogP contribution in [-0.4, -0.2) is 72.6 Å². The van der Waals surface area contributed by atoms with Crippen molar-refractivity contribution in [2.45, 2.75) is 25.6 Å². The van der Waals surface area contributed by atoms with Gasteiger partial charge in [-0.05, 0) is 25.5 Å². The minimum atomic E-state index is -0.644. The molecule has 0 spiro atoms. The van der Waals surface area contributed by atoms with E-state index < -0.39 is 17.4 Å². The highest BCUT2D eigenvalue weighted by molar-refractivity contribution is 6.31. The molecule has 2 aromatic rings. The Labute approximate surface area is 221 Å². The standard InChI is InChI=1S/C28H32O10/c1-28(37-10-11-38-28)9-7-6-8-18-21(35-15-31-2)14-20-24(27(18)36-16-32-3)26(30)23-19(25(20)29)12-17(33-4)13-22(23)34-5/h6,8,12-14H,7,9-11,15-16H2,1-5H3/b8-6+. The number of rotatable bonds is 12. The second kappa shape index (κ2) is 12.0. The Kier molecular flexibility index (Phi) is 8.68. The predicted molar refractivity (Wildman–Crippen MR) is 136 cm³/mol. The van der Waals surface area contributed by atoms with Crippen molar-refractivity contribution in [3.05, 3.63) is 52.1 Å². The molecular weight excluding hydrogens is 496 g/mol. The summed E-state index contributed by atoms with van der Waals surface area (Å²) in [6.45, 7) is 2.78. The van der Waals surface area contributed by atoms with Gasteiger partial charge < -0.3 is 37.9 Å². The van der Waals surface area contributed by atoms with Gasteiger partial charge in [-0.25, -0.2) is 0 Å².